The van der Waals surface area contributed by atoms with Gasteiger partial charge >= 0.3 is 5.97 Å². The maximum Gasteiger partial charge on any atom is 0.313 e. The third-order valence-corrected chi connectivity index (χ3v) is 3.65. The number of hydrogen-bond acceptors (Lipinski definition) is 5. The maximum atomic E-state index is 11.8. The van der Waals surface area contributed by atoms with Crippen LogP contribution in [0.4, 0.5) is 5.69 Å². The number of non-ortho nitro benzene ring substituents is 1. The van der Waals surface area contributed by atoms with Gasteiger partial charge in [0.1, 0.15) is 0 Å². The highest BCUT2D eigenvalue weighted by Gasteiger charge is 2.46. The summed E-state index contributed by atoms with van der Waals surface area (Å²) >= 11 is 0. The molecule has 1 atom stereocenters. The minimum atomic E-state index is -1.09. The normalized spacial score (nSPS) is 14.6. The third kappa shape index (κ3) is 2.58. The molecule has 1 rings (SSSR count). The predicted molar refractivity (Wildman–Crippen MR) is 70.4 cm³/mol. The summed E-state index contributed by atoms with van der Waals surface area (Å²) in [6.07, 6.45) is 0. The number of methoxy groups -OCH3 is 1. The third-order valence-electron chi connectivity index (χ3n) is 3.65. The monoisotopic (exact) mass is 266 g/mol. The van der Waals surface area contributed by atoms with Crippen LogP contribution in [0.1, 0.15) is 26.3 Å². The molecule has 104 valence electrons. The molecule has 0 saturated carbocycles. The summed E-state index contributed by atoms with van der Waals surface area (Å²) in [5.41, 5.74) is 4.58. The van der Waals surface area contributed by atoms with Gasteiger partial charge in [0, 0.05) is 12.1 Å². The lowest BCUT2D eigenvalue weighted by atomic mass is 9.70. The summed E-state index contributed by atoms with van der Waals surface area (Å²) < 4.78 is 4.75. The van der Waals surface area contributed by atoms with E-state index in [1.54, 1.807) is 32.9 Å². The van der Waals surface area contributed by atoms with Crippen LogP contribution in [0.15, 0.2) is 24.3 Å². The Morgan fingerprint density at radius 2 is 1.95 bits per heavy atom. The molecule has 0 aliphatic carbocycles. The highest BCUT2D eigenvalue weighted by atomic mass is 16.6. The van der Waals surface area contributed by atoms with Crippen molar-refractivity contribution in [2.75, 3.05) is 7.11 Å². The fourth-order valence-electron chi connectivity index (χ4n) is 1.77. The van der Waals surface area contributed by atoms with E-state index in [1.807, 2.05) is 0 Å². The Hall–Kier alpha value is -1.95. The van der Waals surface area contributed by atoms with Crippen molar-refractivity contribution in [2.24, 2.45) is 11.1 Å². The van der Waals surface area contributed by atoms with Crippen LogP contribution in [0.3, 0.4) is 0 Å². The zero-order chi connectivity index (χ0) is 14.8. The number of benzene rings is 1. The number of hydrogen-bond donors (Lipinski definition) is 1. The molecule has 0 amide bonds. The number of rotatable bonds is 4. The van der Waals surface area contributed by atoms with E-state index in [-0.39, 0.29) is 5.69 Å². The van der Waals surface area contributed by atoms with Crippen molar-refractivity contribution >= 4 is 11.7 Å². The molecular formula is C13H18N2O4. The Balaban J connectivity index is 3.30. The van der Waals surface area contributed by atoms with Crippen molar-refractivity contribution in [3.05, 3.63) is 39.9 Å². The minimum Gasteiger partial charge on any atom is -0.469 e. The number of nitro benzene ring substituents is 1. The fraction of sp³-hybridized carbons (Fsp3) is 0.462. The first-order chi connectivity index (χ1) is 8.64. The second kappa shape index (κ2) is 4.97. The van der Waals surface area contributed by atoms with Crippen LogP contribution < -0.4 is 5.73 Å². The number of ether oxygens (including phenoxy) is 1. The molecule has 0 aliphatic rings. The van der Waals surface area contributed by atoms with Gasteiger partial charge < -0.3 is 10.5 Å². The van der Waals surface area contributed by atoms with Gasteiger partial charge in [0.05, 0.1) is 23.0 Å². The van der Waals surface area contributed by atoms with Gasteiger partial charge in [0.2, 0.25) is 0 Å². The molecule has 1 aromatic carbocycles. The number of nitrogens with two attached hydrogens (primary N) is 1. The van der Waals surface area contributed by atoms with Crippen molar-refractivity contribution in [2.45, 2.75) is 26.3 Å². The van der Waals surface area contributed by atoms with Crippen molar-refractivity contribution in [1.82, 2.24) is 0 Å². The Morgan fingerprint density at radius 1 is 1.37 bits per heavy atom. The fourth-order valence-corrected chi connectivity index (χ4v) is 1.77. The van der Waals surface area contributed by atoms with Crippen LogP contribution in [0.25, 0.3) is 0 Å². The van der Waals surface area contributed by atoms with Crippen LogP contribution in [-0.4, -0.2) is 18.0 Å². The van der Waals surface area contributed by atoms with Crippen LogP contribution in [0.2, 0.25) is 0 Å². The van der Waals surface area contributed by atoms with E-state index in [1.165, 1.54) is 19.2 Å². The van der Waals surface area contributed by atoms with Crippen molar-refractivity contribution < 1.29 is 14.5 Å². The molecule has 0 aliphatic heterocycles. The lowest BCUT2D eigenvalue weighted by Crippen LogP contribution is -2.52. The van der Waals surface area contributed by atoms with Crippen molar-refractivity contribution in [3.63, 3.8) is 0 Å². The number of nitro groups is 1. The van der Waals surface area contributed by atoms with E-state index < -0.39 is 21.8 Å². The van der Waals surface area contributed by atoms with Crippen LogP contribution in [-0.2, 0) is 15.1 Å². The summed E-state index contributed by atoms with van der Waals surface area (Å²) in [7, 11) is 1.29. The van der Waals surface area contributed by atoms with E-state index in [9.17, 15) is 14.9 Å². The molecule has 19 heavy (non-hydrogen) atoms. The molecule has 0 radical (unpaired) electrons. The Labute approximate surface area is 111 Å². The number of nitrogens with zero attached hydrogens (tertiary/aromatic N) is 1. The molecule has 6 nitrogen and oxygen atoms in total. The second-order valence-corrected chi connectivity index (χ2v) is 5.13. The second-order valence-electron chi connectivity index (χ2n) is 5.13. The van der Waals surface area contributed by atoms with Crippen LogP contribution in [0, 0.1) is 15.5 Å². The molecule has 0 aromatic heterocycles. The smallest absolute Gasteiger partial charge is 0.313 e. The van der Waals surface area contributed by atoms with Gasteiger partial charge in [-0.1, -0.05) is 12.1 Å². The van der Waals surface area contributed by atoms with Gasteiger partial charge in [-0.05, 0) is 26.3 Å². The molecule has 0 fully saturated rings. The van der Waals surface area contributed by atoms with Gasteiger partial charge in [0.25, 0.3) is 5.69 Å². The molecular weight excluding hydrogens is 248 g/mol. The Bertz CT molecular complexity index is 509. The largest absolute Gasteiger partial charge is 0.469 e. The molecule has 0 bridgehead atoms. The molecule has 0 unspecified atom stereocenters. The van der Waals surface area contributed by atoms with Gasteiger partial charge in [-0.3, -0.25) is 14.9 Å². The summed E-state index contributed by atoms with van der Waals surface area (Å²) in [5, 5.41) is 10.8. The van der Waals surface area contributed by atoms with E-state index in [0.29, 0.717) is 5.56 Å². The van der Waals surface area contributed by atoms with E-state index in [0.717, 1.165) is 0 Å². The number of carbonyl (C=O) groups excluding carboxylic acids is 1. The first-order valence-corrected chi connectivity index (χ1v) is 5.77. The number of esters is 1. The zero-order valence-corrected chi connectivity index (χ0v) is 11.5. The highest BCUT2D eigenvalue weighted by Crippen LogP contribution is 2.39. The Morgan fingerprint density at radius 3 is 2.42 bits per heavy atom. The first-order valence-electron chi connectivity index (χ1n) is 5.77. The highest BCUT2D eigenvalue weighted by molar-refractivity contribution is 5.78. The van der Waals surface area contributed by atoms with E-state index in [2.05, 4.69) is 0 Å². The molecule has 1 aromatic rings. The van der Waals surface area contributed by atoms with Crippen molar-refractivity contribution in [3.8, 4) is 0 Å². The molecule has 0 spiro atoms. The maximum absolute atomic E-state index is 11.8. The summed E-state index contributed by atoms with van der Waals surface area (Å²) in [5.74, 6) is -0.469. The lowest BCUT2D eigenvalue weighted by molar-refractivity contribution is -0.385. The van der Waals surface area contributed by atoms with Gasteiger partial charge in [0.15, 0.2) is 0 Å². The Kier molecular flexibility index (Phi) is 3.95. The summed E-state index contributed by atoms with van der Waals surface area (Å²) in [4.78, 5) is 22.1. The molecule has 0 heterocycles. The van der Waals surface area contributed by atoms with E-state index >= 15 is 0 Å². The first kappa shape index (κ1) is 15.1. The van der Waals surface area contributed by atoms with Crippen LogP contribution in [0.5, 0.6) is 0 Å². The summed E-state index contributed by atoms with van der Waals surface area (Å²) in [6.45, 7) is 4.96. The lowest BCUT2D eigenvalue weighted by Gasteiger charge is -2.39. The average molecular weight is 266 g/mol. The van der Waals surface area contributed by atoms with Gasteiger partial charge in [-0.2, -0.15) is 0 Å². The van der Waals surface area contributed by atoms with Gasteiger partial charge in [-0.15, -0.1) is 0 Å². The summed E-state index contributed by atoms with van der Waals surface area (Å²) in [6, 6.07) is 5.97. The average Bonchev–Trinajstić information content (AvgIpc) is 2.37. The topological polar surface area (TPSA) is 95.5 Å². The zero-order valence-electron chi connectivity index (χ0n) is 11.5. The number of carbonyl (C=O) groups is 1. The van der Waals surface area contributed by atoms with E-state index in [4.69, 9.17) is 10.5 Å². The van der Waals surface area contributed by atoms with Crippen molar-refractivity contribution in [1.29, 1.82) is 0 Å². The molecule has 0 saturated heterocycles. The van der Waals surface area contributed by atoms with Crippen LogP contribution >= 0.6 is 0 Å². The van der Waals surface area contributed by atoms with Gasteiger partial charge in [-0.25, -0.2) is 0 Å². The quantitative estimate of drug-likeness (QED) is 0.510. The predicted octanol–water partition coefficient (Wildman–Crippen LogP) is 1.97. The standard InChI is InChI=1S/C13H18N2O4/c1-12(2,11(16)19-4)13(3,14)9-6-5-7-10(8-9)15(17)18/h5-8H,14H2,1-4H3/t13-/m1/s1. The minimum absolute atomic E-state index is 0.0603. The molecule has 2 N–H and O–H groups in total. The molecule has 6 heteroatoms. The SMILES string of the molecule is COC(=O)C(C)(C)[C@](C)(N)c1cccc([N+](=O)[O-])c1.